The van der Waals surface area contributed by atoms with E-state index in [0.717, 1.165) is 41.1 Å². The van der Waals surface area contributed by atoms with Crippen LogP contribution in [0, 0.1) is 0 Å². The third-order valence-corrected chi connectivity index (χ3v) is 7.77. The Labute approximate surface area is 196 Å². The van der Waals surface area contributed by atoms with Crippen molar-refractivity contribution in [3.8, 4) is 0 Å². The van der Waals surface area contributed by atoms with E-state index >= 15 is 0 Å². The second-order valence-corrected chi connectivity index (χ2v) is 9.90. The summed E-state index contributed by atoms with van der Waals surface area (Å²) >= 11 is 1.53. The van der Waals surface area contributed by atoms with Crippen molar-refractivity contribution in [3.05, 3.63) is 63.0 Å². The number of fused-ring (bicyclic) bond motifs is 3. The molecule has 0 bridgehead atoms. The third-order valence-electron chi connectivity index (χ3n) is 6.65. The summed E-state index contributed by atoms with van der Waals surface area (Å²) in [6, 6.07) is 10.1. The van der Waals surface area contributed by atoms with E-state index in [4.69, 9.17) is 0 Å². The van der Waals surface area contributed by atoms with E-state index in [2.05, 4.69) is 4.98 Å². The molecule has 2 aliphatic heterocycles. The fourth-order valence-electron chi connectivity index (χ4n) is 4.82. The van der Waals surface area contributed by atoms with Crippen LogP contribution >= 0.6 is 11.3 Å². The number of carbonyl (C=O) groups excluding carboxylic acids is 2. The van der Waals surface area contributed by atoms with E-state index in [1.165, 1.54) is 16.9 Å². The van der Waals surface area contributed by atoms with Crippen molar-refractivity contribution in [2.45, 2.75) is 51.6 Å². The second kappa shape index (κ2) is 9.47. The summed E-state index contributed by atoms with van der Waals surface area (Å²) in [5.41, 5.74) is 2.22. The first kappa shape index (κ1) is 21.8. The molecule has 4 heterocycles. The third kappa shape index (κ3) is 4.57. The second-order valence-electron chi connectivity index (χ2n) is 8.82. The normalized spacial score (nSPS) is 15.9. The van der Waals surface area contributed by atoms with Gasteiger partial charge in [0.15, 0.2) is 0 Å². The summed E-state index contributed by atoms with van der Waals surface area (Å²) in [7, 11) is 0. The van der Waals surface area contributed by atoms with Crippen LogP contribution in [0.3, 0.4) is 0 Å². The van der Waals surface area contributed by atoms with Gasteiger partial charge in [-0.2, -0.15) is 0 Å². The highest BCUT2D eigenvalue weighted by atomic mass is 32.1. The van der Waals surface area contributed by atoms with Gasteiger partial charge in [0.2, 0.25) is 11.8 Å². The maximum absolute atomic E-state index is 13.2. The van der Waals surface area contributed by atoms with Crippen molar-refractivity contribution in [3.63, 3.8) is 0 Å². The first-order valence-electron chi connectivity index (χ1n) is 11.7. The van der Waals surface area contributed by atoms with E-state index in [0.29, 0.717) is 50.8 Å². The molecule has 1 aromatic carbocycles. The molecule has 2 amide bonds. The Hall–Kier alpha value is -3.00. The number of carbonyl (C=O) groups is 2. The molecule has 1 fully saturated rings. The number of aryl methyl sites for hydroxylation is 2. The maximum atomic E-state index is 13.2. The van der Waals surface area contributed by atoms with Gasteiger partial charge in [-0.25, -0.2) is 4.98 Å². The molecule has 0 N–H and O–H groups in total. The number of hydrogen-bond acceptors (Lipinski definition) is 5. The minimum absolute atomic E-state index is 0.00546. The van der Waals surface area contributed by atoms with Gasteiger partial charge in [0.25, 0.3) is 5.56 Å². The minimum atomic E-state index is -0.00546. The number of amides is 2. The smallest absolute Gasteiger partial charge is 0.262 e. The Morgan fingerprint density at radius 3 is 2.70 bits per heavy atom. The Balaban J connectivity index is 1.26. The highest BCUT2D eigenvalue weighted by Gasteiger charge is 2.26. The lowest BCUT2D eigenvalue weighted by Gasteiger charge is -2.27. The zero-order valence-corrected chi connectivity index (χ0v) is 19.5. The Morgan fingerprint density at radius 2 is 1.91 bits per heavy atom. The van der Waals surface area contributed by atoms with Gasteiger partial charge in [-0.05, 0) is 36.8 Å². The summed E-state index contributed by atoms with van der Waals surface area (Å²) in [4.78, 5) is 48.0. The van der Waals surface area contributed by atoms with Crippen LogP contribution in [-0.4, -0.2) is 50.8 Å². The Bertz CT molecular complexity index is 1230. The minimum Gasteiger partial charge on any atom is -0.343 e. The van der Waals surface area contributed by atoms with Crippen LogP contribution in [0.4, 0.5) is 0 Å². The largest absolute Gasteiger partial charge is 0.343 e. The molecule has 0 radical (unpaired) electrons. The van der Waals surface area contributed by atoms with E-state index in [-0.39, 0.29) is 17.4 Å². The van der Waals surface area contributed by atoms with Crippen molar-refractivity contribution in [1.82, 2.24) is 19.4 Å². The molecule has 7 nitrogen and oxygen atoms in total. The molecule has 3 aromatic rings. The van der Waals surface area contributed by atoms with Gasteiger partial charge in [0, 0.05) is 43.9 Å². The molecule has 0 aliphatic carbocycles. The van der Waals surface area contributed by atoms with E-state index < -0.39 is 0 Å². The quantitative estimate of drug-likeness (QED) is 0.539. The van der Waals surface area contributed by atoms with Gasteiger partial charge in [-0.3, -0.25) is 19.0 Å². The van der Waals surface area contributed by atoms with Gasteiger partial charge in [-0.15, -0.1) is 11.3 Å². The lowest BCUT2D eigenvalue weighted by molar-refractivity contribution is -0.132. The number of likely N-dealkylation sites (tertiary alicyclic amines) is 1. The van der Waals surface area contributed by atoms with Crippen LogP contribution in [0.5, 0.6) is 0 Å². The van der Waals surface area contributed by atoms with Crippen molar-refractivity contribution >= 4 is 33.4 Å². The molecule has 2 aliphatic rings. The van der Waals surface area contributed by atoms with Gasteiger partial charge >= 0.3 is 0 Å². The van der Waals surface area contributed by atoms with E-state index in [1.54, 1.807) is 10.9 Å². The fourth-order valence-corrected chi connectivity index (χ4v) is 6.01. The molecule has 0 spiro atoms. The monoisotopic (exact) mass is 464 g/mol. The van der Waals surface area contributed by atoms with Gasteiger partial charge in [0.05, 0.1) is 18.3 Å². The molecular formula is C25H28N4O3S. The summed E-state index contributed by atoms with van der Waals surface area (Å²) in [5.74, 6) is 0.370. The average molecular weight is 465 g/mol. The van der Waals surface area contributed by atoms with Crippen molar-refractivity contribution in [2.75, 3.05) is 19.6 Å². The van der Waals surface area contributed by atoms with Gasteiger partial charge in [-0.1, -0.05) is 30.3 Å². The van der Waals surface area contributed by atoms with E-state index in [9.17, 15) is 14.4 Å². The molecule has 0 saturated carbocycles. The molecule has 2 aromatic heterocycles. The number of hydrogen-bond donors (Lipinski definition) is 0. The first-order valence-corrected chi connectivity index (χ1v) is 12.5. The SMILES string of the molecule is O=C1CCCN1CCCn1cnc2sc3c(c2c1=O)CCN(C(=O)CCc1ccccc1)C3. The lowest BCUT2D eigenvalue weighted by Crippen LogP contribution is -2.35. The maximum Gasteiger partial charge on any atom is 0.262 e. The molecule has 1 saturated heterocycles. The Kier molecular flexibility index (Phi) is 6.26. The predicted octanol–water partition coefficient (Wildman–Crippen LogP) is 2.99. The van der Waals surface area contributed by atoms with Crippen LogP contribution in [0.2, 0.25) is 0 Å². The van der Waals surface area contributed by atoms with Crippen LogP contribution in [0.15, 0.2) is 41.5 Å². The lowest BCUT2D eigenvalue weighted by atomic mass is 10.0. The summed E-state index contributed by atoms with van der Waals surface area (Å²) in [6.45, 7) is 3.26. The summed E-state index contributed by atoms with van der Waals surface area (Å²) < 4.78 is 1.67. The molecule has 33 heavy (non-hydrogen) atoms. The topological polar surface area (TPSA) is 75.5 Å². The molecular weight excluding hydrogens is 436 g/mol. The van der Waals surface area contributed by atoms with Crippen LogP contribution < -0.4 is 5.56 Å². The number of aromatic nitrogens is 2. The number of thiophene rings is 1. The van der Waals surface area contributed by atoms with Crippen LogP contribution in [0.1, 0.15) is 41.7 Å². The molecule has 5 rings (SSSR count). The number of rotatable bonds is 7. The van der Waals surface area contributed by atoms with Crippen molar-refractivity contribution < 1.29 is 9.59 Å². The molecule has 172 valence electrons. The summed E-state index contributed by atoms with van der Waals surface area (Å²) in [5, 5.41) is 0.714. The van der Waals surface area contributed by atoms with Crippen LogP contribution in [-0.2, 0) is 35.5 Å². The number of benzene rings is 1. The van der Waals surface area contributed by atoms with Gasteiger partial charge < -0.3 is 9.80 Å². The average Bonchev–Trinajstić information content (AvgIpc) is 3.42. The van der Waals surface area contributed by atoms with Gasteiger partial charge in [0.1, 0.15) is 4.83 Å². The van der Waals surface area contributed by atoms with Crippen molar-refractivity contribution in [2.24, 2.45) is 0 Å². The highest BCUT2D eigenvalue weighted by molar-refractivity contribution is 7.18. The highest BCUT2D eigenvalue weighted by Crippen LogP contribution is 2.32. The standard InChI is InChI=1S/C25H28N4O3S/c30-21-8-4-12-27(21)13-5-14-29-17-26-24-23(25(29)32)19-11-15-28(16-20(19)33-24)22(31)10-9-18-6-2-1-3-7-18/h1-3,6-7,17H,4-5,8-16H2. The first-order chi connectivity index (χ1) is 16.1. The van der Waals surface area contributed by atoms with E-state index in [1.807, 2.05) is 40.1 Å². The zero-order valence-electron chi connectivity index (χ0n) is 18.7. The number of nitrogens with zero attached hydrogens (tertiary/aromatic N) is 4. The van der Waals surface area contributed by atoms with Crippen molar-refractivity contribution in [1.29, 1.82) is 0 Å². The molecule has 0 unspecified atom stereocenters. The predicted molar refractivity (Wildman–Crippen MR) is 128 cm³/mol. The molecule has 8 heteroatoms. The Morgan fingerprint density at radius 1 is 1.06 bits per heavy atom. The summed E-state index contributed by atoms with van der Waals surface area (Å²) in [6.07, 6.45) is 5.87. The fraction of sp³-hybridized carbons (Fsp3) is 0.440. The molecule has 0 atom stereocenters. The zero-order chi connectivity index (χ0) is 22.8. The van der Waals surface area contributed by atoms with Crippen LogP contribution in [0.25, 0.3) is 10.2 Å².